The standard InChI is InChI=1S/C15H20FN3O/c1-20-11-3-7-17-15-18-8-10-19(15)9-6-13-4-2-5-14(16)12-13/h2,4-5,8,10,12H,3,6-7,9,11H2,1H3,(H,17,18). The third-order valence-electron chi connectivity index (χ3n) is 3.05. The van der Waals surface area contributed by atoms with Gasteiger partial charge in [-0.25, -0.2) is 9.37 Å². The lowest BCUT2D eigenvalue weighted by Gasteiger charge is -2.09. The summed E-state index contributed by atoms with van der Waals surface area (Å²) < 4.78 is 20.2. The molecule has 0 aliphatic rings. The Hall–Kier alpha value is -1.88. The Labute approximate surface area is 118 Å². The van der Waals surface area contributed by atoms with E-state index < -0.39 is 0 Å². The summed E-state index contributed by atoms with van der Waals surface area (Å²) in [4.78, 5) is 4.28. The molecule has 108 valence electrons. The zero-order valence-corrected chi connectivity index (χ0v) is 11.7. The van der Waals surface area contributed by atoms with Gasteiger partial charge in [0.05, 0.1) is 0 Å². The van der Waals surface area contributed by atoms with Crippen molar-refractivity contribution in [3.8, 4) is 0 Å². The first-order valence-corrected chi connectivity index (χ1v) is 6.78. The van der Waals surface area contributed by atoms with Crippen molar-refractivity contribution in [2.24, 2.45) is 0 Å². The van der Waals surface area contributed by atoms with Gasteiger partial charge in [-0.2, -0.15) is 0 Å². The van der Waals surface area contributed by atoms with Crippen molar-refractivity contribution in [2.75, 3.05) is 25.6 Å². The molecule has 1 N–H and O–H groups in total. The normalized spacial score (nSPS) is 10.7. The quantitative estimate of drug-likeness (QED) is 0.754. The number of halogens is 1. The van der Waals surface area contributed by atoms with Gasteiger partial charge in [-0.15, -0.1) is 0 Å². The van der Waals surface area contributed by atoms with Crippen LogP contribution in [0.15, 0.2) is 36.7 Å². The van der Waals surface area contributed by atoms with Crippen molar-refractivity contribution in [2.45, 2.75) is 19.4 Å². The zero-order valence-electron chi connectivity index (χ0n) is 11.7. The number of ether oxygens (including phenoxy) is 1. The van der Waals surface area contributed by atoms with E-state index in [0.717, 1.165) is 44.0 Å². The second-order valence-corrected chi connectivity index (χ2v) is 4.60. The molecule has 1 aromatic heterocycles. The summed E-state index contributed by atoms with van der Waals surface area (Å²) in [5.74, 6) is 0.656. The molecule has 0 spiro atoms. The van der Waals surface area contributed by atoms with E-state index >= 15 is 0 Å². The van der Waals surface area contributed by atoms with E-state index in [4.69, 9.17) is 4.74 Å². The van der Waals surface area contributed by atoms with Gasteiger partial charge in [0.2, 0.25) is 5.95 Å². The number of hydrogen-bond acceptors (Lipinski definition) is 3. The zero-order chi connectivity index (χ0) is 14.2. The molecule has 0 atom stereocenters. The lowest BCUT2D eigenvalue weighted by molar-refractivity contribution is 0.197. The molecule has 2 aromatic rings. The number of anilines is 1. The molecule has 0 saturated carbocycles. The first-order chi connectivity index (χ1) is 9.79. The SMILES string of the molecule is COCCCNc1nccn1CCc1cccc(F)c1. The Balaban J connectivity index is 1.85. The molecule has 4 nitrogen and oxygen atoms in total. The minimum Gasteiger partial charge on any atom is -0.385 e. The third-order valence-corrected chi connectivity index (χ3v) is 3.05. The number of aryl methyl sites for hydroxylation is 2. The van der Waals surface area contributed by atoms with Crippen LogP contribution in [0.5, 0.6) is 0 Å². The highest BCUT2D eigenvalue weighted by atomic mass is 19.1. The number of methoxy groups -OCH3 is 1. The second kappa shape index (κ2) is 7.65. The molecule has 0 saturated heterocycles. The van der Waals surface area contributed by atoms with Crippen LogP contribution < -0.4 is 5.32 Å². The van der Waals surface area contributed by atoms with E-state index in [2.05, 4.69) is 10.3 Å². The number of hydrogen-bond donors (Lipinski definition) is 1. The van der Waals surface area contributed by atoms with Crippen LogP contribution in [0.1, 0.15) is 12.0 Å². The van der Waals surface area contributed by atoms with Crippen molar-refractivity contribution >= 4 is 5.95 Å². The maximum absolute atomic E-state index is 13.1. The van der Waals surface area contributed by atoms with E-state index in [1.54, 1.807) is 25.4 Å². The minimum absolute atomic E-state index is 0.189. The lowest BCUT2D eigenvalue weighted by atomic mass is 10.1. The van der Waals surface area contributed by atoms with Crippen LogP contribution in [0, 0.1) is 5.82 Å². The molecule has 20 heavy (non-hydrogen) atoms. The summed E-state index contributed by atoms with van der Waals surface area (Å²) >= 11 is 0. The molecule has 0 aliphatic heterocycles. The highest BCUT2D eigenvalue weighted by Gasteiger charge is 2.02. The van der Waals surface area contributed by atoms with Gasteiger partial charge in [-0.05, 0) is 30.5 Å². The molecular weight excluding hydrogens is 257 g/mol. The van der Waals surface area contributed by atoms with Gasteiger partial charge in [0.1, 0.15) is 5.82 Å². The summed E-state index contributed by atoms with van der Waals surface area (Å²) in [5, 5.41) is 3.27. The smallest absolute Gasteiger partial charge is 0.202 e. The molecule has 0 fully saturated rings. The fourth-order valence-electron chi connectivity index (χ4n) is 2.02. The minimum atomic E-state index is -0.189. The molecule has 0 aliphatic carbocycles. The lowest BCUT2D eigenvalue weighted by Crippen LogP contribution is -2.11. The molecule has 1 aromatic carbocycles. The average molecular weight is 277 g/mol. The van der Waals surface area contributed by atoms with Crippen LogP contribution in [-0.2, 0) is 17.7 Å². The number of aromatic nitrogens is 2. The predicted molar refractivity (Wildman–Crippen MR) is 77.3 cm³/mol. The maximum Gasteiger partial charge on any atom is 0.202 e. The van der Waals surface area contributed by atoms with E-state index in [1.165, 1.54) is 6.07 Å². The fraction of sp³-hybridized carbons (Fsp3) is 0.400. The molecule has 0 amide bonds. The summed E-state index contributed by atoms with van der Waals surface area (Å²) in [6.45, 7) is 2.33. The van der Waals surface area contributed by atoms with Crippen LogP contribution in [-0.4, -0.2) is 29.8 Å². The van der Waals surface area contributed by atoms with Crippen LogP contribution in [0.25, 0.3) is 0 Å². The third kappa shape index (κ3) is 4.35. The van der Waals surface area contributed by atoms with Gasteiger partial charge in [0.25, 0.3) is 0 Å². The van der Waals surface area contributed by atoms with E-state index in [9.17, 15) is 4.39 Å². The van der Waals surface area contributed by atoms with Gasteiger partial charge in [0, 0.05) is 39.2 Å². The predicted octanol–water partition coefficient (Wildman–Crippen LogP) is 2.71. The molecule has 2 rings (SSSR count). The van der Waals surface area contributed by atoms with Crippen molar-refractivity contribution in [1.29, 1.82) is 0 Å². The van der Waals surface area contributed by atoms with E-state index in [-0.39, 0.29) is 5.82 Å². The molecule has 0 bridgehead atoms. The van der Waals surface area contributed by atoms with Crippen molar-refractivity contribution in [3.05, 3.63) is 48.0 Å². The number of imidazole rings is 1. The second-order valence-electron chi connectivity index (χ2n) is 4.60. The fourth-order valence-corrected chi connectivity index (χ4v) is 2.02. The highest BCUT2D eigenvalue weighted by molar-refractivity contribution is 5.26. The van der Waals surface area contributed by atoms with Crippen molar-refractivity contribution < 1.29 is 9.13 Å². The molecule has 0 unspecified atom stereocenters. The highest BCUT2D eigenvalue weighted by Crippen LogP contribution is 2.09. The first-order valence-electron chi connectivity index (χ1n) is 6.78. The topological polar surface area (TPSA) is 39.1 Å². The summed E-state index contributed by atoms with van der Waals surface area (Å²) in [6, 6.07) is 6.71. The molecule has 0 radical (unpaired) electrons. The van der Waals surface area contributed by atoms with Crippen molar-refractivity contribution in [1.82, 2.24) is 9.55 Å². The largest absolute Gasteiger partial charge is 0.385 e. The van der Waals surface area contributed by atoms with Gasteiger partial charge in [0.15, 0.2) is 0 Å². The monoisotopic (exact) mass is 277 g/mol. The Kier molecular flexibility index (Phi) is 5.55. The van der Waals surface area contributed by atoms with Crippen molar-refractivity contribution in [3.63, 3.8) is 0 Å². The Morgan fingerprint density at radius 3 is 3.10 bits per heavy atom. The van der Waals surface area contributed by atoms with Crippen LogP contribution in [0.4, 0.5) is 10.3 Å². The molecule has 1 heterocycles. The number of rotatable bonds is 8. The van der Waals surface area contributed by atoms with Gasteiger partial charge < -0.3 is 14.6 Å². The van der Waals surface area contributed by atoms with E-state index in [1.807, 2.05) is 16.8 Å². The number of nitrogens with one attached hydrogen (secondary N) is 1. The summed E-state index contributed by atoms with van der Waals surface area (Å²) in [6.07, 6.45) is 5.41. The Morgan fingerprint density at radius 1 is 1.40 bits per heavy atom. The number of benzene rings is 1. The Bertz CT molecular complexity index is 527. The van der Waals surface area contributed by atoms with Gasteiger partial charge in [-0.1, -0.05) is 12.1 Å². The number of nitrogens with zero attached hydrogens (tertiary/aromatic N) is 2. The van der Waals surface area contributed by atoms with Crippen LogP contribution in [0.3, 0.4) is 0 Å². The van der Waals surface area contributed by atoms with Crippen LogP contribution in [0.2, 0.25) is 0 Å². The Morgan fingerprint density at radius 2 is 2.30 bits per heavy atom. The van der Waals surface area contributed by atoms with E-state index in [0.29, 0.717) is 0 Å². The summed E-state index contributed by atoms with van der Waals surface area (Å²) in [7, 11) is 1.69. The molecule has 5 heteroatoms. The molecular formula is C15H20FN3O. The first kappa shape index (κ1) is 14.5. The van der Waals surface area contributed by atoms with Gasteiger partial charge >= 0.3 is 0 Å². The van der Waals surface area contributed by atoms with Crippen LogP contribution >= 0.6 is 0 Å². The van der Waals surface area contributed by atoms with Gasteiger partial charge in [-0.3, -0.25) is 0 Å². The average Bonchev–Trinajstić information content (AvgIpc) is 2.89. The maximum atomic E-state index is 13.1. The summed E-state index contributed by atoms with van der Waals surface area (Å²) in [5.41, 5.74) is 0.990.